The van der Waals surface area contributed by atoms with Gasteiger partial charge in [0.1, 0.15) is 0 Å². The molecule has 0 saturated heterocycles. The molecule has 1 atom stereocenters. The van der Waals surface area contributed by atoms with E-state index in [2.05, 4.69) is 6.92 Å². The summed E-state index contributed by atoms with van der Waals surface area (Å²) in [7, 11) is 0. The molecule has 0 aliphatic heterocycles. The summed E-state index contributed by atoms with van der Waals surface area (Å²) in [5.74, 6) is 0. The summed E-state index contributed by atoms with van der Waals surface area (Å²) >= 11 is 0. The van der Waals surface area contributed by atoms with Gasteiger partial charge in [-0.15, -0.1) is 0 Å². The van der Waals surface area contributed by atoms with E-state index in [1.807, 2.05) is 13.8 Å². The van der Waals surface area contributed by atoms with Crippen molar-refractivity contribution in [1.82, 2.24) is 0 Å². The van der Waals surface area contributed by atoms with Crippen molar-refractivity contribution in [2.45, 2.75) is 91.3 Å². The molecule has 0 spiro atoms. The van der Waals surface area contributed by atoms with Gasteiger partial charge >= 0.3 is 0 Å². The first-order valence-electron chi connectivity index (χ1n) is 7.86. The monoisotopic (exact) mass is 257 g/mol. The summed E-state index contributed by atoms with van der Waals surface area (Å²) in [5.41, 5.74) is 0. The third-order valence-corrected chi connectivity index (χ3v) is 3.18. The van der Waals surface area contributed by atoms with E-state index in [9.17, 15) is 0 Å². The average Bonchev–Trinajstić information content (AvgIpc) is 2.36. The molecule has 0 saturated carbocycles. The fourth-order valence-electron chi connectivity index (χ4n) is 2.07. The molecule has 0 amide bonds. The zero-order valence-corrected chi connectivity index (χ0v) is 12.7. The highest BCUT2D eigenvalue weighted by Gasteiger charge is 1.99. The largest absolute Gasteiger partial charge is 0.353 e. The number of unbranched alkanes of at least 4 members (excludes halogenated alkanes) is 9. The van der Waals surface area contributed by atoms with Crippen molar-refractivity contribution in [1.29, 1.82) is 0 Å². The van der Waals surface area contributed by atoms with Crippen LogP contribution in [0.4, 0.5) is 0 Å². The highest BCUT2D eigenvalue weighted by atomic mass is 16.7. The summed E-state index contributed by atoms with van der Waals surface area (Å²) in [6.07, 6.45) is 13.6. The second kappa shape index (κ2) is 15.0. The lowest BCUT2D eigenvalue weighted by Crippen LogP contribution is -2.11. The fraction of sp³-hybridized carbons (Fsp3) is 0.938. The highest BCUT2D eigenvalue weighted by molar-refractivity contribution is 4.47. The summed E-state index contributed by atoms with van der Waals surface area (Å²) in [6, 6.07) is 0. The van der Waals surface area contributed by atoms with Crippen molar-refractivity contribution < 1.29 is 9.47 Å². The van der Waals surface area contributed by atoms with Crippen LogP contribution in [-0.2, 0) is 9.47 Å². The first-order valence-corrected chi connectivity index (χ1v) is 7.86. The Hall–Kier alpha value is -0.0800. The summed E-state index contributed by atoms with van der Waals surface area (Å²) in [4.78, 5) is 0. The van der Waals surface area contributed by atoms with Gasteiger partial charge in [0.25, 0.3) is 0 Å². The number of hydrogen-bond acceptors (Lipinski definition) is 2. The quantitative estimate of drug-likeness (QED) is 0.303. The van der Waals surface area contributed by atoms with Gasteiger partial charge in [-0.05, 0) is 20.3 Å². The van der Waals surface area contributed by atoms with Gasteiger partial charge in [0.05, 0.1) is 6.61 Å². The van der Waals surface area contributed by atoms with Gasteiger partial charge in [-0.25, -0.2) is 0 Å². The first kappa shape index (κ1) is 17.9. The molecule has 0 aromatic carbocycles. The predicted octanol–water partition coefficient (Wildman–Crippen LogP) is 5.47. The third kappa shape index (κ3) is 14.0. The lowest BCUT2D eigenvalue weighted by molar-refractivity contribution is -0.107. The second-order valence-corrected chi connectivity index (χ2v) is 4.99. The molecule has 0 aliphatic carbocycles. The van der Waals surface area contributed by atoms with Gasteiger partial charge in [0.2, 0.25) is 0 Å². The van der Waals surface area contributed by atoms with Gasteiger partial charge in [0, 0.05) is 6.61 Å². The molecule has 109 valence electrons. The minimum absolute atomic E-state index is 0.0893. The molecule has 0 aromatic rings. The van der Waals surface area contributed by atoms with E-state index in [-0.39, 0.29) is 6.29 Å². The van der Waals surface area contributed by atoms with Crippen LogP contribution in [0.5, 0.6) is 0 Å². The SMILES string of the molecule is C[CH]OC(C)OCCCCCCCCCCCC. The van der Waals surface area contributed by atoms with Crippen molar-refractivity contribution in [3.8, 4) is 0 Å². The van der Waals surface area contributed by atoms with Crippen LogP contribution >= 0.6 is 0 Å². The number of hydrogen-bond donors (Lipinski definition) is 0. The van der Waals surface area contributed by atoms with Crippen LogP contribution in [0, 0.1) is 6.61 Å². The van der Waals surface area contributed by atoms with E-state index in [0.717, 1.165) is 13.0 Å². The lowest BCUT2D eigenvalue weighted by Gasteiger charge is -2.11. The maximum atomic E-state index is 5.50. The Balaban J connectivity index is 2.98. The number of ether oxygens (including phenoxy) is 2. The van der Waals surface area contributed by atoms with E-state index in [0.29, 0.717) is 0 Å². The third-order valence-electron chi connectivity index (χ3n) is 3.18. The van der Waals surface area contributed by atoms with Crippen molar-refractivity contribution >= 4 is 0 Å². The molecule has 2 nitrogen and oxygen atoms in total. The van der Waals surface area contributed by atoms with Crippen LogP contribution in [0.15, 0.2) is 0 Å². The smallest absolute Gasteiger partial charge is 0.155 e. The van der Waals surface area contributed by atoms with Crippen molar-refractivity contribution in [2.24, 2.45) is 0 Å². The maximum absolute atomic E-state index is 5.50. The summed E-state index contributed by atoms with van der Waals surface area (Å²) < 4.78 is 10.7. The Morgan fingerprint density at radius 3 is 1.83 bits per heavy atom. The van der Waals surface area contributed by atoms with E-state index >= 15 is 0 Å². The first-order chi connectivity index (χ1) is 8.81. The van der Waals surface area contributed by atoms with Crippen molar-refractivity contribution in [3.63, 3.8) is 0 Å². The van der Waals surface area contributed by atoms with E-state index < -0.39 is 0 Å². The van der Waals surface area contributed by atoms with Crippen LogP contribution in [0.25, 0.3) is 0 Å². The zero-order valence-electron chi connectivity index (χ0n) is 12.7. The topological polar surface area (TPSA) is 18.5 Å². The van der Waals surface area contributed by atoms with Gasteiger partial charge in [-0.1, -0.05) is 64.7 Å². The van der Waals surface area contributed by atoms with Crippen LogP contribution in [0.2, 0.25) is 0 Å². The lowest BCUT2D eigenvalue weighted by atomic mass is 10.1. The van der Waals surface area contributed by atoms with Gasteiger partial charge in [0.15, 0.2) is 6.29 Å². The fourth-order valence-corrected chi connectivity index (χ4v) is 2.07. The van der Waals surface area contributed by atoms with E-state index in [1.165, 1.54) is 57.8 Å². The minimum atomic E-state index is -0.0893. The van der Waals surface area contributed by atoms with Crippen LogP contribution in [-0.4, -0.2) is 12.9 Å². The molecule has 0 bridgehead atoms. The van der Waals surface area contributed by atoms with Gasteiger partial charge in [-0.2, -0.15) is 0 Å². The molecule has 0 fully saturated rings. The van der Waals surface area contributed by atoms with E-state index in [1.54, 1.807) is 6.61 Å². The zero-order chi connectivity index (χ0) is 13.5. The summed E-state index contributed by atoms with van der Waals surface area (Å²) in [6.45, 7) is 8.60. The molecule has 0 aromatic heterocycles. The second-order valence-electron chi connectivity index (χ2n) is 4.99. The predicted molar refractivity (Wildman–Crippen MR) is 78.3 cm³/mol. The number of rotatable bonds is 14. The normalized spacial score (nSPS) is 12.8. The van der Waals surface area contributed by atoms with E-state index in [4.69, 9.17) is 9.47 Å². The molecule has 0 N–H and O–H groups in total. The minimum Gasteiger partial charge on any atom is -0.353 e. The Morgan fingerprint density at radius 1 is 0.833 bits per heavy atom. The molecule has 0 heterocycles. The molecule has 2 heteroatoms. The molecule has 0 rings (SSSR count). The van der Waals surface area contributed by atoms with Gasteiger partial charge < -0.3 is 9.47 Å². The standard InChI is InChI=1S/C16H33O2/c1-4-6-7-8-9-10-11-12-13-14-15-18-16(3)17-5-2/h5,16H,4,6-15H2,1-3H3. The Kier molecular flexibility index (Phi) is 14.9. The molecular formula is C16H33O2. The van der Waals surface area contributed by atoms with Crippen LogP contribution < -0.4 is 0 Å². The Labute approximate surface area is 114 Å². The Morgan fingerprint density at radius 2 is 1.33 bits per heavy atom. The average molecular weight is 257 g/mol. The van der Waals surface area contributed by atoms with Gasteiger partial charge in [-0.3, -0.25) is 0 Å². The van der Waals surface area contributed by atoms with Crippen LogP contribution in [0.3, 0.4) is 0 Å². The molecule has 1 radical (unpaired) electrons. The maximum Gasteiger partial charge on any atom is 0.155 e. The Bertz CT molecular complexity index is 148. The van der Waals surface area contributed by atoms with Crippen molar-refractivity contribution in [2.75, 3.05) is 6.61 Å². The molecular weight excluding hydrogens is 224 g/mol. The summed E-state index contributed by atoms with van der Waals surface area (Å²) in [5, 5.41) is 0. The van der Waals surface area contributed by atoms with Crippen LogP contribution in [0.1, 0.15) is 85.0 Å². The molecule has 1 unspecified atom stereocenters. The molecule has 18 heavy (non-hydrogen) atoms. The highest BCUT2D eigenvalue weighted by Crippen LogP contribution is 2.10. The molecule has 0 aliphatic rings. The van der Waals surface area contributed by atoms with Crippen molar-refractivity contribution in [3.05, 3.63) is 6.61 Å².